The number of nitriles is 1. The average molecular weight is 595 g/mol. The number of pyridine rings is 1. The van der Waals surface area contributed by atoms with Gasteiger partial charge in [-0.3, -0.25) is 9.69 Å². The van der Waals surface area contributed by atoms with Crippen LogP contribution in [0.4, 0.5) is 23.7 Å². The van der Waals surface area contributed by atoms with E-state index in [2.05, 4.69) is 29.5 Å². The van der Waals surface area contributed by atoms with Crippen molar-refractivity contribution < 1.29 is 32.6 Å². The Morgan fingerprint density at radius 3 is 2.59 bits per heavy atom. The molecule has 1 aliphatic carbocycles. The molecule has 2 aromatic rings. The molecule has 0 unspecified atom stereocenters. The topological polar surface area (TPSA) is 115 Å². The van der Waals surface area contributed by atoms with E-state index in [4.69, 9.17) is 4.74 Å². The van der Waals surface area contributed by atoms with Gasteiger partial charge in [-0.1, -0.05) is 19.6 Å². The maximum atomic E-state index is 13.3. The van der Waals surface area contributed by atoms with Crippen molar-refractivity contribution in [2.45, 2.75) is 70.3 Å². The van der Waals surface area contributed by atoms with Crippen LogP contribution in [0, 0.1) is 17.2 Å². The van der Waals surface area contributed by atoms with Gasteiger partial charge in [-0.15, -0.1) is 0 Å². The van der Waals surface area contributed by atoms with Crippen molar-refractivity contribution in [2.75, 3.05) is 37.8 Å². The number of hydrogen-bond donors (Lipinski definition) is 1. The summed E-state index contributed by atoms with van der Waals surface area (Å²) in [6.07, 6.45) is -0.430. The first kappa shape index (κ1) is 30.6. The number of hydrogen-bond acceptors (Lipinski definition) is 6. The van der Waals surface area contributed by atoms with Gasteiger partial charge in [0, 0.05) is 45.0 Å². The quantitative estimate of drug-likeness (QED) is 0.229. The summed E-state index contributed by atoms with van der Waals surface area (Å²) in [6, 6.07) is 4.96. The van der Waals surface area contributed by atoms with Crippen LogP contribution in [0.3, 0.4) is 0 Å². The van der Waals surface area contributed by atoms with E-state index in [0.29, 0.717) is 55.1 Å². The highest BCUT2D eigenvalue weighted by atomic mass is 28.3. The van der Waals surface area contributed by atoms with Crippen molar-refractivity contribution in [2.24, 2.45) is 5.92 Å². The van der Waals surface area contributed by atoms with Crippen LogP contribution in [0.2, 0.25) is 25.7 Å². The first-order valence-corrected chi connectivity index (χ1v) is 17.5. The molecule has 2 aliphatic rings. The molecule has 0 atom stereocenters. The van der Waals surface area contributed by atoms with Gasteiger partial charge in [-0.25, -0.2) is 9.78 Å². The Kier molecular flexibility index (Phi) is 9.18. The number of carbonyl (C=O) groups is 2. The summed E-state index contributed by atoms with van der Waals surface area (Å²) in [5, 5.41) is 19.4. The van der Waals surface area contributed by atoms with Crippen LogP contribution in [0.15, 0.2) is 18.5 Å². The zero-order valence-electron chi connectivity index (χ0n) is 23.7. The van der Waals surface area contributed by atoms with Crippen molar-refractivity contribution in [3.8, 4) is 6.07 Å². The SMILES string of the molecule is C[Si](C)(C)CCOCn1ccc2c3c(cnc21)C(=O)N(CC#N)CN3C1CCC(CN(CC(F)(F)F)C(=O)O)CC1. The molecular weight excluding hydrogens is 557 g/mol. The molecule has 41 heavy (non-hydrogen) atoms. The third-order valence-electron chi connectivity index (χ3n) is 7.75. The summed E-state index contributed by atoms with van der Waals surface area (Å²) in [4.78, 5) is 33.3. The van der Waals surface area contributed by atoms with Crippen LogP contribution in [-0.2, 0) is 11.5 Å². The minimum atomic E-state index is -4.60. The second-order valence-electron chi connectivity index (χ2n) is 12.1. The zero-order chi connectivity index (χ0) is 29.9. The molecule has 0 radical (unpaired) electrons. The molecule has 1 saturated carbocycles. The van der Waals surface area contributed by atoms with Crippen LogP contribution in [0.1, 0.15) is 36.0 Å². The maximum Gasteiger partial charge on any atom is 0.407 e. The van der Waals surface area contributed by atoms with Gasteiger partial charge in [0.1, 0.15) is 25.5 Å². The Morgan fingerprint density at radius 2 is 1.98 bits per heavy atom. The van der Waals surface area contributed by atoms with Gasteiger partial charge in [0.15, 0.2) is 0 Å². The Hall–Kier alpha value is -3.31. The fourth-order valence-electron chi connectivity index (χ4n) is 5.61. The third-order valence-corrected chi connectivity index (χ3v) is 9.46. The highest BCUT2D eigenvalue weighted by Crippen LogP contribution is 2.39. The molecule has 10 nitrogen and oxygen atoms in total. The highest BCUT2D eigenvalue weighted by Gasteiger charge is 2.38. The van der Waals surface area contributed by atoms with E-state index in [1.165, 1.54) is 4.90 Å². The van der Waals surface area contributed by atoms with Gasteiger partial charge in [0.25, 0.3) is 5.91 Å². The number of carbonyl (C=O) groups excluding carboxylic acids is 1. The number of fused-ring (bicyclic) bond motifs is 3. The Labute approximate surface area is 238 Å². The molecule has 0 bridgehead atoms. The van der Waals surface area contributed by atoms with Crippen molar-refractivity contribution in [1.29, 1.82) is 5.26 Å². The van der Waals surface area contributed by atoms with E-state index >= 15 is 0 Å². The zero-order valence-corrected chi connectivity index (χ0v) is 24.7. The van der Waals surface area contributed by atoms with Gasteiger partial charge in [0.05, 0.1) is 24.0 Å². The monoisotopic (exact) mass is 594 g/mol. The molecule has 1 aliphatic heterocycles. The van der Waals surface area contributed by atoms with E-state index in [9.17, 15) is 33.1 Å². The summed E-state index contributed by atoms with van der Waals surface area (Å²) in [6.45, 7) is 6.30. The summed E-state index contributed by atoms with van der Waals surface area (Å²) in [5.41, 5.74) is 1.82. The summed E-state index contributed by atoms with van der Waals surface area (Å²) in [7, 11) is -1.24. The number of nitrogens with zero attached hydrogens (tertiary/aromatic N) is 6. The number of aromatic nitrogens is 2. The minimum absolute atomic E-state index is 0.0397. The molecule has 0 aromatic carbocycles. The van der Waals surface area contributed by atoms with Gasteiger partial charge in [-0.05, 0) is 43.7 Å². The standard InChI is InChI=1S/C27H37F3N6O4Si/c1-41(2,3)13-12-40-18-34-10-8-21-23-22(14-32-24(21)34)25(37)33(11-9-31)17-36(23)20-6-4-19(5-7-20)15-35(26(38)39)16-27(28,29)30/h8,10,14,19-20H,4-7,11-13,15-18H2,1-3H3,(H,38,39). The smallest absolute Gasteiger partial charge is 0.407 e. The van der Waals surface area contributed by atoms with E-state index < -0.39 is 26.9 Å². The molecule has 2 amide bonds. The Morgan fingerprint density at radius 1 is 1.27 bits per heavy atom. The lowest BCUT2D eigenvalue weighted by molar-refractivity contribution is -0.143. The number of amides is 2. The van der Waals surface area contributed by atoms with Crippen LogP contribution in [0.25, 0.3) is 11.0 Å². The van der Waals surface area contributed by atoms with Crippen LogP contribution in [-0.4, -0.2) is 89.7 Å². The predicted octanol–water partition coefficient (Wildman–Crippen LogP) is 5.19. The fourth-order valence-corrected chi connectivity index (χ4v) is 6.36. The molecule has 0 spiro atoms. The lowest BCUT2D eigenvalue weighted by Crippen LogP contribution is -2.52. The molecule has 224 valence electrons. The van der Waals surface area contributed by atoms with Gasteiger partial charge in [0.2, 0.25) is 0 Å². The summed E-state index contributed by atoms with van der Waals surface area (Å²) in [5.74, 6) is -0.470. The molecule has 1 N–H and O–H groups in total. The Balaban J connectivity index is 1.54. The Bertz CT molecular complexity index is 1300. The van der Waals surface area contributed by atoms with Crippen molar-refractivity contribution in [3.05, 3.63) is 24.0 Å². The normalized spacial score (nSPS) is 19.8. The average Bonchev–Trinajstić information content (AvgIpc) is 3.30. The molecule has 0 saturated heterocycles. The lowest BCUT2D eigenvalue weighted by atomic mass is 9.84. The van der Waals surface area contributed by atoms with Crippen LogP contribution < -0.4 is 4.90 Å². The predicted molar refractivity (Wildman–Crippen MR) is 149 cm³/mol. The number of ether oxygens (including phenoxy) is 1. The first-order chi connectivity index (χ1) is 19.3. The highest BCUT2D eigenvalue weighted by molar-refractivity contribution is 6.76. The van der Waals surface area contributed by atoms with Gasteiger partial charge in [-0.2, -0.15) is 18.4 Å². The van der Waals surface area contributed by atoms with Crippen molar-refractivity contribution in [1.82, 2.24) is 19.4 Å². The molecule has 3 heterocycles. The largest absolute Gasteiger partial charge is 0.465 e. The van der Waals surface area contributed by atoms with Gasteiger partial charge < -0.3 is 24.2 Å². The van der Waals surface area contributed by atoms with E-state index in [1.54, 1.807) is 6.20 Å². The summed E-state index contributed by atoms with van der Waals surface area (Å²) < 4.78 is 46.5. The molecule has 14 heteroatoms. The molecular formula is C27H37F3N6O4Si. The number of anilines is 1. The molecule has 2 aromatic heterocycles. The number of alkyl halides is 3. The maximum absolute atomic E-state index is 13.3. The van der Waals surface area contributed by atoms with Crippen LogP contribution in [0.5, 0.6) is 0 Å². The second kappa shape index (κ2) is 12.3. The van der Waals surface area contributed by atoms with E-state index in [-0.39, 0.29) is 37.6 Å². The number of halogens is 3. The third kappa shape index (κ3) is 7.51. The van der Waals surface area contributed by atoms with Gasteiger partial charge >= 0.3 is 12.3 Å². The number of rotatable bonds is 10. The lowest BCUT2D eigenvalue weighted by Gasteiger charge is -2.44. The number of carboxylic acid groups (broad SMARTS) is 1. The minimum Gasteiger partial charge on any atom is -0.465 e. The molecule has 4 rings (SSSR count). The van der Waals surface area contributed by atoms with Crippen molar-refractivity contribution >= 4 is 36.8 Å². The van der Waals surface area contributed by atoms with Crippen LogP contribution >= 0.6 is 0 Å². The molecule has 1 fully saturated rings. The second-order valence-corrected chi connectivity index (χ2v) is 17.7. The first-order valence-electron chi connectivity index (χ1n) is 13.8. The van der Waals surface area contributed by atoms with E-state index in [0.717, 1.165) is 17.1 Å². The summed E-state index contributed by atoms with van der Waals surface area (Å²) >= 11 is 0. The van der Waals surface area contributed by atoms with E-state index in [1.807, 2.05) is 22.9 Å². The fraction of sp³-hybridized carbons (Fsp3) is 0.630. The van der Waals surface area contributed by atoms with Crippen molar-refractivity contribution in [3.63, 3.8) is 0 Å².